The lowest BCUT2D eigenvalue weighted by atomic mass is 9.94. The molecule has 1 aliphatic carbocycles. The Balaban J connectivity index is 1.44. The lowest BCUT2D eigenvalue weighted by molar-refractivity contribution is 0.0890. The van der Waals surface area contributed by atoms with Crippen molar-refractivity contribution < 1.29 is 19.1 Å². The average molecular weight is 434 g/mol. The number of carbonyl (C=O) groups is 2. The second-order valence-electron chi connectivity index (χ2n) is 7.96. The SMILES string of the molecule is O=C1c2ccccc2C(=O)C1c1ccc(OCc2ccccc2)c(OCc2ccccc2)c1. The molecule has 0 amide bonds. The lowest BCUT2D eigenvalue weighted by Gasteiger charge is -2.16. The molecule has 4 aromatic rings. The van der Waals surface area contributed by atoms with Gasteiger partial charge in [0.1, 0.15) is 19.1 Å². The molecule has 0 saturated heterocycles. The number of carbonyl (C=O) groups excluding carboxylic acids is 2. The van der Waals surface area contributed by atoms with Gasteiger partial charge in [0.15, 0.2) is 23.1 Å². The van der Waals surface area contributed by atoms with Crippen LogP contribution in [0.3, 0.4) is 0 Å². The van der Waals surface area contributed by atoms with Gasteiger partial charge in [-0.1, -0.05) is 91.0 Å². The number of benzene rings is 4. The Morgan fingerprint density at radius 1 is 0.545 bits per heavy atom. The second-order valence-corrected chi connectivity index (χ2v) is 7.96. The van der Waals surface area contributed by atoms with E-state index >= 15 is 0 Å². The number of ether oxygens (including phenoxy) is 2. The normalized spacial score (nSPS) is 13.1. The Kier molecular flexibility index (Phi) is 5.73. The summed E-state index contributed by atoms with van der Waals surface area (Å²) < 4.78 is 12.2. The fourth-order valence-electron chi connectivity index (χ4n) is 4.05. The summed E-state index contributed by atoms with van der Waals surface area (Å²) in [5, 5.41) is 0. The third-order valence-corrected chi connectivity index (χ3v) is 5.76. The van der Waals surface area contributed by atoms with Crippen molar-refractivity contribution in [1.82, 2.24) is 0 Å². The van der Waals surface area contributed by atoms with Crippen molar-refractivity contribution in [2.75, 3.05) is 0 Å². The van der Waals surface area contributed by atoms with E-state index in [4.69, 9.17) is 9.47 Å². The van der Waals surface area contributed by atoms with Gasteiger partial charge in [0.2, 0.25) is 0 Å². The first-order chi connectivity index (χ1) is 16.2. The van der Waals surface area contributed by atoms with E-state index in [1.54, 1.807) is 42.5 Å². The smallest absolute Gasteiger partial charge is 0.178 e. The summed E-state index contributed by atoms with van der Waals surface area (Å²) >= 11 is 0. The maximum atomic E-state index is 13.0. The molecule has 5 rings (SSSR count). The van der Waals surface area contributed by atoms with E-state index in [1.165, 1.54) is 0 Å². The van der Waals surface area contributed by atoms with Gasteiger partial charge in [-0.15, -0.1) is 0 Å². The molecule has 0 spiro atoms. The quantitative estimate of drug-likeness (QED) is 0.335. The van der Waals surface area contributed by atoms with E-state index in [9.17, 15) is 9.59 Å². The van der Waals surface area contributed by atoms with Crippen LogP contribution in [0.15, 0.2) is 103 Å². The molecule has 162 valence electrons. The molecule has 0 N–H and O–H groups in total. The summed E-state index contributed by atoms with van der Waals surface area (Å²) in [4.78, 5) is 26.0. The molecule has 0 heterocycles. The van der Waals surface area contributed by atoms with Crippen molar-refractivity contribution >= 4 is 11.6 Å². The van der Waals surface area contributed by atoms with Gasteiger partial charge in [0, 0.05) is 11.1 Å². The molecule has 0 aromatic heterocycles. The zero-order valence-electron chi connectivity index (χ0n) is 17.9. The van der Waals surface area contributed by atoms with Crippen LogP contribution < -0.4 is 9.47 Å². The predicted octanol–water partition coefficient (Wildman–Crippen LogP) is 6.01. The van der Waals surface area contributed by atoms with Crippen LogP contribution in [-0.4, -0.2) is 11.6 Å². The number of hydrogen-bond donors (Lipinski definition) is 0. The second kappa shape index (κ2) is 9.13. The van der Waals surface area contributed by atoms with Crippen LogP contribution in [0.1, 0.15) is 43.3 Å². The summed E-state index contributed by atoms with van der Waals surface area (Å²) in [5.41, 5.74) is 3.60. The van der Waals surface area contributed by atoms with Crippen LogP contribution in [0.2, 0.25) is 0 Å². The fourth-order valence-corrected chi connectivity index (χ4v) is 4.05. The summed E-state index contributed by atoms with van der Waals surface area (Å²) in [6.07, 6.45) is 0. The highest BCUT2D eigenvalue weighted by molar-refractivity contribution is 6.29. The highest BCUT2D eigenvalue weighted by atomic mass is 16.5. The van der Waals surface area contributed by atoms with E-state index in [-0.39, 0.29) is 11.6 Å². The van der Waals surface area contributed by atoms with E-state index < -0.39 is 5.92 Å². The number of Topliss-reactive ketones (excluding diaryl/α,β-unsaturated/α-hetero) is 2. The first kappa shape index (κ1) is 20.7. The first-order valence-electron chi connectivity index (χ1n) is 10.9. The fraction of sp³-hybridized carbons (Fsp3) is 0.103. The lowest BCUT2D eigenvalue weighted by Crippen LogP contribution is -2.13. The van der Waals surface area contributed by atoms with Crippen molar-refractivity contribution in [1.29, 1.82) is 0 Å². The van der Waals surface area contributed by atoms with Gasteiger partial charge >= 0.3 is 0 Å². The van der Waals surface area contributed by atoms with Gasteiger partial charge < -0.3 is 9.47 Å². The zero-order valence-corrected chi connectivity index (χ0v) is 17.9. The maximum absolute atomic E-state index is 13.0. The molecule has 4 nitrogen and oxygen atoms in total. The largest absolute Gasteiger partial charge is 0.485 e. The van der Waals surface area contributed by atoms with Gasteiger partial charge in [0.25, 0.3) is 0 Å². The number of fused-ring (bicyclic) bond motifs is 1. The molecule has 0 radical (unpaired) electrons. The molecule has 1 aliphatic rings. The van der Waals surface area contributed by atoms with Crippen LogP contribution in [0.4, 0.5) is 0 Å². The Labute approximate surface area is 192 Å². The molecular formula is C29H22O4. The van der Waals surface area contributed by atoms with Gasteiger partial charge in [-0.2, -0.15) is 0 Å². The Bertz CT molecular complexity index is 1260. The van der Waals surface area contributed by atoms with Gasteiger partial charge in [0.05, 0.1) is 0 Å². The minimum Gasteiger partial charge on any atom is -0.485 e. The van der Waals surface area contributed by atoms with Crippen molar-refractivity contribution in [3.8, 4) is 11.5 Å². The maximum Gasteiger partial charge on any atom is 0.178 e. The van der Waals surface area contributed by atoms with Crippen LogP contribution in [0, 0.1) is 0 Å². The number of ketones is 2. The third-order valence-electron chi connectivity index (χ3n) is 5.76. The average Bonchev–Trinajstić information content (AvgIpc) is 3.13. The highest BCUT2D eigenvalue weighted by Crippen LogP contribution is 2.38. The topological polar surface area (TPSA) is 52.6 Å². The highest BCUT2D eigenvalue weighted by Gasteiger charge is 2.39. The molecule has 0 bridgehead atoms. The van der Waals surface area contributed by atoms with Crippen molar-refractivity contribution in [3.05, 3.63) is 131 Å². The van der Waals surface area contributed by atoms with E-state index in [1.807, 2.05) is 60.7 Å². The molecule has 33 heavy (non-hydrogen) atoms. The van der Waals surface area contributed by atoms with Crippen LogP contribution in [0.25, 0.3) is 0 Å². The molecule has 0 fully saturated rings. The van der Waals surface area contributed by atoms with E-state index in [2.05, 4.69) is 0 Å². The summed E-state index contributed by atoms with van der Waals surface area (Å²) in [5.74, 6) is -0.146. The molecule has 0 saturated carbocycles. The monoisotopic (exact) mass is 434 g/mol. The molecule has 0 aliphatic heterocycles. The minimum absolute atomic E-state index is 0.178. The summed E-state index contributed by atoms with van der Waals surface area (Å²) in [6.45, 7) is 0.730. The van der Waals surface area contributed by atoms with Crippen molar-refractivity contribution in [2.24, 2.45) is 0 Å². The zero-order chi connectivity index (χ0) is 22.6. The first-order valence-corrected chi connectivity index (χ1v) is 10.9. The summed E-state index contributed by atoms with van der Waals surface area (Å²) in [7, 11) is 0. The Morgan fingerprint density at radius 2 is 1.03 bits per heavy atom. The van der Waals surface area contributed by atoms with E-state index in [0.29, 0.717) is 41.4 Å². The van der Waals surface area contributed by atoms with Gasteiger partial charge in [-0.25, -0.2) is 0 Å². The number of rotatable bonds is 7. The summed E-state index contributed by atoms with van der Waals surface area (Å²) in [6, 6.07) is 32.0. The molecule has 4 aromatic carbocycles. The standard InChI is InChI=1S/C29H22O4/c30-28-23-13-7-8-14-24(23)29(31)27(28)22-15-16-25(32-18-20-9-3-1-4-10-20)26(17-22)33-19-21-11-5-2-6-12-21/h1-17,27H,18-19H2. The van der Waals surface area contributed by atoms with E-state index in [0.717, 1.165) is 11.1 Å². The van der Waals surface area contributed by atoms with Crippen molar-refractivity contribution in [2.45, 2.75) is 19.1 Å². The molecular weight excluding hydrogens is 412 g/mol. The Hall–Kier alpha value is -4.18. The van der Waals surface area contributed by atoms with Crippen LogP contribution >= 0.6 is 0 Å². The molecule has 0 atom stereocenters. The minimum atomic E-state index is -0.857. The number of hydrogen-bond acceptors (Lipinski definition) is 4. The van der Waals surface area contributed by atoms with Gasteiger partial charge in [-0.3, -0.25) is 9.59 Å². The van der Waals surface area contributed by atoms with Crippen LogP contribution in [-0.2, 0) is 13.2 Å². The Morgan fingerprint density at radius 3 is 1.58 bits per heavy atom. The molecule has 0 unspecified atom stereocenters. The molecule has 4 heteroatoms. The third kappa shape index (κ3) is 4.28. The predicted molar refractivity (Wildman–Crippen MR) is 126 cm³/mol. The van der Waals surface area contributed by atoms with Crippen molar-refractivity contribution in [3.63, 3.8) is 0 Å². The van der Waals surface area contributed by atoms with Crippen LogP contribution in [0.5, 0.6) is 11.5 Å². The van der Waals surface area contributed by atoms with Gasteiger partial charge in [-0.05, 0) is 28.8 Å².